The Labute approximate surface area is 270 Å². The number of benzene rings is 3. The van der Waals surface area contributed by atoms with Crippen LogP contribution >= 0.6 is 34.8 Å². The maximum Gasteiger partial charge on any atom is 0.335 e. The predicted octanol–water partition coefficient (Wildman–Crippen LogP) is 10.3. The highest BCUT2D eigenvalue weighted by Gasteiger charge is 2.25. The molecule has 0 unspecified atom stereocenters. The molecule has 2 heterocycles. The molecule has 228 valence electrons. The number of ether oxygens (including phenoxy) is 1. The third-order valence-corrected chi connectivity index (χ3v) is 9.21. The first-order valence-corrected chi connectivity index (χ1v) is 15.9. The van der Waals surface area contributed by atoms with E-state index in [0.29, 0.717) is 49.6 Å². The molecule has 1 saturated carbocycles. The highest BCUT2D eigenvalue weighted by Crippen LogP contribution is 2.40. The van der Waals surface area contributed by atoms with Crippen molar-refractivity contribution in [3.63, 3.8) is 0 Å². The minimum atomic E-state index is -0.966. The number of aromatic carboxylic acids is 1. The van der Waals surface area contributed by atoms with Gasteiger partial charge in [-0.3, -0.25) is 0 Å². The zero-order valence-electron chi connectivity index (χ0n) is 24.4. The normalized spacial score (nSPS) is 14.0. The second-order valence-corrected chi connectivity index (χ2v) is 12.8. The van der Waals surface area contributed by atoms with Crippen LogP contribution in [0.15, 0.2) is 59.1 Å². The Morgan fingerprint density at radius 3 is 2.45 bits per heavy atom. The van der Waals surface area contributed by atoms with Crippen LogP contribution < -0.4 is 4.74 Å². The van der Waals surface area contributed by atoms with Gasteiger partial charge in [0.25, 0.3) is 0 Å². The Hall–Kier alpha value is -3.52. The molecule has 1 fully saturated rings. The third kappa shape index (κ3) is 6.06. The summed E-state index contributed by atoms with van der Waals surface area (Å²) in [6.45, 7) is 4.96. The largest absolute Gasteiger partial charge is 0.489 e. The lowest BCUT2D eigenvalue weighted by Crippen LogP contribution is -2.15. The Kier molecular flexibility index (Phi) is 8.90. The number of rotatable bonds is 9. The predicted molar refractivity (Wildman–Crippen MR) is 174 cm³/mol. The van der Waals surface area contributed by atoms with Gasteiger partial charge in [-0.1, -0.05) is 79.1 Å². The summed E-state index contributed by atoms with van der Waals surface area (Å²) in [6, 6.07) is 15.9. The Morgan fingerprint density at radius 2 is 1.77 bits per heavy atom. The van der Waals surface area contributed by atoms with E-state index in [4.69, 9.17) is 49.0 Å². The summed E-state index contributed by atoms with van der Waals surface area (Å²) in [5.74, 6) is 1.55. The number of nitrogens with zero attached hydrogens (tertiary/aromatic N) is 3. The van der Waals surface area contributed by atoms with Crippen molar-refractivity contribution < 1.29 is 19.2 Å². The van der Waals surface area contributed by atoms with Crippen LogP contribution in [0.1, 0.15) is 73.6 Å². The summed E-state index contributed by atoms with van der Waals surface area (Å²) in [4.78, 5) is 16.7. The molecule has 1 aliphatic carbocycles. The monoisotopic (exact) mass is 651 g/mol. The highest BCUT2D eigenvalue weighted by atomic mass is 35.5. The lowest BCUT2D eigenvalue weighted by Gasteiger charge is -2.23. The summed E-state index contributed by atoms with van der Waals surface area (Å²) >= 11 is 19.9. The van der Waals surface area contributed by atoms with E-state index in [-0.39, 0.29) is 18.1 Å². The van der Waals surface area contributed by atoms with Crippen LogP contribution in [0.25, 0.3) is 33.7 Å². The van der Waals surface area contributed by atoms with Crippen molar-refractivity contribution in [3.8, 4) is 28.4 Å². The zero-order valence-corrected chi connectivity index (χ0v) is 26.7. The number of carboxylic acid groups (broad SMARTS) is 1. The molecule has 5 aromatic rings. The number of aromatic nitrogens is 3. The average Bonchev–Trinajstić information content (AvgIpc) is 3.58. The maximum atomic E-state index is 11.8. The fourth-order valence-corrected chi connectivity index (χ4v) is 6.86. The first-order chi connectivity index (χ1) is 21.2. The molecule has 0 atom stereocenters. The van der Waals surface area contributed by atoms with Gasteiger partial charge in [0.2, 0.25) is 0 Å². The molecule has 0 saturated heterocycles. The Bertz CT molecular complexity index is 1820. The van der Waals surface area contributed by atoms with E-state index in [1.54, 1.807) is 42.5 Å². The maximum absolute atomic E-state index is 11.8. The molecule has 3 aromatic carbocycles. The van der Waals surface area contributed by atoms with Crippen LogP contribution in [-0.2, 0) is 13.2 Å². The molecule has 1 N–H and O–H groups in total. The fraction of sp³-hybridized carbons (Fsp3) is 0.324. The van der Waals surface area contributed by atoms with E-state index in [1.165, 1.54) is 19.3 Å². The van der Waals surface area contributed by atoms with Gasteiger partial charge in [0, 0.05) is 23.6 Å². The van der Waals surface area contributed by atoms with Gasteiger partial charge in [0.15, 0.2) is 0 Å². The molecule has 10 heteroatoms. The molecule has 0 radical (unpaired) electrons. The van der Waals surface area contributed by atoms with E-state index < -0.39 is 5.97 Å². The van der Waals surface area contributed by atoms with Gasteiger partial charge in [-0.2, -0.15) is 0 Å². The first-order valence-electron chi connectivity index (χ1n) is 14.8. The number of imidazole rings is 1. The van der Waals surface area contributed by atoms with E-state index >= 15 is 0 Å². The van der Waals surface area contributed by atoms with Gasteiger partial charge >= 0.3 is 5.97 Å². The smallest absolute Gasteiger partial charge is 0.335 e. The molecule has 1 aliphatic rings. The standard InChI is InChI=1S/C34H32Cl3N3O4/c1-19(2)32-24(31(39-44-32)30-25(35)9-6-10-26(30)36)18-43-22-12-13-23(27(37)16-22)33-38-28-14-11-21(34(41)42)15-29(28)40(33)17-20-7-4-3-5-8-20/h6,9-16,19-20H,3-5,7-8,17-18H2,1-2H3,(H,41,42). The number of carbonyl (C=O) groups is 1. The topological polar surface area (TPSA) is 90.4 Å². The van der Waals surface area contributed by atoms with Crippen LogP contribution in [0, 0.1) is 5.92 Å². The number of hydrogen-bond donors (Lipinski definition) is 1. The molecule has 0 bridgehead atoms. The van der Waals surface area contributed by atoms with Gasteiger partial charge < -0.3 is 18.9 Å². The Balaban J connectivity index is 1.33. The zero-order chi connectivity index (χ0) is 31.0. The second kappa shape index (κ2) is 12.8. The van der Waals surface area contributed by atoms with Crippen molar-refractivity contribution >= 4 is 51.8 Å². The van der Waals surface area contributed by atoms with Crippen molar-refractivity contribution in [2.24, 2.45) is 5.92 Å². The van der Waals surface area contributed by atoms with Crippen LogP contribution in [0.5, 0.6) is 5.75 Å². The summed E-state index contributed by atoms with van der Waals surface area (Å²) in [6.07, 6.45) is 5.94. The number of halogens is 3. The highest BCUT2D eigenvalue weighted by molar-refractivity contribution is 6.39. The van der Waals surface area contributed by atoms with Gasteiger partial charge in [-0.05, 0) is 67.3 Å². The summed E-state index contributed by atoms with van der Waals surface area (Å²) in [7, 11) is 0. The molecular formula is C34H32Cl3N3O4. The van der Waals surface area contributed by atoms with Crippen LogP contribution in [-0.4, -0.2) is 25.8 Å². The molecule has 7 nitrogen and oxygen atoms in total. The van der Waals surface area contributed by atoms with Crippen molar-refractivity contribution in [3.05, 3.63) is 86.6 Å². The van der Waals surface area contributed by atoms with E-state index in [9.17, 15) is 9.90 Å². The molecule has 0 aliphatic heterocycles. The molecule has 6 rings (SSSR count). The number of carboxylic acids is 1. The van der Waals surface area contributed by atoms with Crippen molar-refractivity contribution in [1.29, 1.82) is 0 Å². The molecule has 44 heavy (non-hydrogen) atoms. The lowest BCUT2D eigenvalue weighted by molar-refractivity contribution is 0.0697. The van der Waals surface area contributed by atoms with Gasteiger partial charge in [0.05, 0.1) is 37.2 Å². The Morgan fingerprint density at radius 1 is 1.02 bits per heavy atom. The van der Waals surface area contributed by atoms with Crippen molar-refractivity contribution in [1.82, 2.24) is 14.7 Å². The van der Waals surface area contributed by atoms with Crippen LogP contribution in [0.3, 0.4) is 0 Å². The van der Waals surface area contributed by atoms with Crippen molar-refractivity contribution in [2.75, 3.05) is 0 Å². The van der Waals surface area contributed by atoms with Gasteiger partial charge in [-0.25, -0.2) is 9.78 Å². The van der Waals surface area contributed by atoms with Crippen LogP contribution in [0.4, 0.5) is 0 Å². The molecule has 2 aromatic heterocycles. The second-order valence-electron chi connectivity index (χ2n) is 11.6. The van der Waals surface area contributed by atoms with Gasteiger partial charge in [-0.15, -0.1) is 0 Å². The van der Waals surface area contributed by atoms with E-state index in [1.807, 2.05) is 26.0 Å². The van der Waals surface area contributed by atoms with Gasteiger partial charge in [0.1, 0.15) is 29.6 Å². The molecular weight excluding hydrogens is 621 g/mol. The number of fused-ring (bicyclic) bond motifs is 1. The minimum Gasteiger partial charge on any atom is -0.489 e. The SMILES string of the molecule is CC(C)c1onc(-c2c(Cl)cccc2Cl)c1COc1ccc(-c2nc3ccc(C(=O)O)cc3n2CC2CCCCC2)c(Cl)c1. The summed E-state index contributed by atoms with van der Waals surface area (Å²) in [5, 5.41) is 15.4. The third-order valence-electron chi connectivity index (χ3n) is 8.27. The average molecular weight is 653 g/mol. The van der Waals surface area contributed by atoms with Crippen molar-refractivity contribution in [2.45, 2.75) is 65.0 Å². The molecule has 0 spiro atoms. The summed E-state index contributed by atoms with van der Waals surface area (Å²) < 4.78 is 14.1. The first kappa shape index (κ1) is 30.5. The van der Waals surface area contributed by atoms with Crippen LogP contribution in [0.2, 0.25) is 15.1 Å². The summed E-state index contributed by atoms with van der Waals surface area (Å²) in [5.41, 5.74) is 4.41. The quantitative estimate of drug-likeness (QED) is 0.170. The molecule has 0 amide bonds. The number of hydrogen-bond acceptors (Lipinski definition) is 5. The fourth-order valence-electron chi connectivity index (χ4n) is 6.03. The lowest BCUT2D eigenvalue weighted by atomic mass is 9.89. The van der Waals surface area contributed by atoms with E-state index in [0.717, 1.165) is 41.5 Å². The van der Waals surface area contributed by atoms with E-state index in [2.05, 4.69) is 9.72 Å². The minimum absolute atomic E-state index is 0.0564.